The van der Waals surface area contributed by atoms with Crippen molar-refractivity contribution in [3.63, 3.8) is 0 Å². The largest absolute Gasteiger partial charge is 0.432 e. The van der Waals surface area contributed by atoms with Gasteiger partial charge in [0.2, 0.25) is 0 Å². The molecular weight excluding hydrogens is 308 g/mol. The van der Waals surface area contributed by atoms with Crippen LogP contribution in [0.15, 0.2) is 28.7 Å². The molecule has 1 atom stereocenters. The van der Waals surface area contributed by atoms with E-state index >= 15 is 0 Å². The van der Waals surface area contributed by atoms with Crippen molar-refractivity contribution in [1.82, 2.24) is 0 Å². The van der Waals surface area contributed by atoms with Gasteiger partial charge in [0, 0.05) is 4.47 Å². The summed E-state index contributed by atoms with van der Waals surface area (Å²) in [4.78, 5) is 10.2. The van der Waals surface area contributed by atoms with E-state index in [1.165, 1.54) is 0 Å². The van der Waals surface area contributed by atoms with E-state index in [4.69, 9.17) is 0 Å². The normalized spacial score (nSPS) is 14.6. The lowest BCUT2D eigenvalue weighted by Crippen LogP contribution is -2.39. The number of aliphatic hydroxyl groups is 1. The fourth-order valence-corrected chi connectivity index (χ4v) is 2.68. The third kappa shape index (κ3) is 4.19. The zero-order chi connectivity index (χ0) is 14.0. The van der Waals surface area contributed by atoms with Crippen LogP contribution in [0.3, 0.4) is 0 Å². The summed E-state index contributed by atoms with van der Waals surface area (Å²) in [5, 5.41) is 10.1. The Morgan fingerprint density at radius 3 is 2.17 bits per heavy atom. The van der Waals surface area contributed by atoms with Gasteiger partial charge < -0.3 is 9.90 Å². The molecule has 4 heteroatoms. The van der Waals surface area contributed by atoms with Gasteiger partial charge in [-0.05, 0) is 48.7 Å². The summed E-state index contributed by atoms with van der Waals surface area (Å²) < 4.78 is 1.02. The van der Waals surface area contributed by atoms with Crippen LogP contribution in [0.5, 0.6) is 0 Å². The number of benzene rings is 1. The summed E-state index contributed by atoms with van der Waals surface area (Å²) >= 11 is 3.38. The highest BCUT2D eigenvalue weighted by Gasteiger charge is 2.37. The van der Waals surface area contributed by atoms with E-state index in [1.807, 2.05) is 37.4 Å². The molecule has 1 rings (SSSR count). The molecule has 0 amide bonds. The second-order valence-corrected chi connectivity index (χ2v) is 11.4. The van der Waals surface area contributed by atoms with Crippen molar-refractivity contribution >= 4 is 24.2 Å². The zero-order valence-corrected chi connectivity index (χ0v) is 14.2. The minimum atomic E-state index is -2.18. The molecule has 0 fully saturated rings. The van der Waals surface area contributed by atoms with Crippen LogP contribution in [0.25, 0.3) is 0 Å². The highest BCUT2D eigenvalue weighted by Crippen LogP contribution is 2.41. The monoisotopic (exact) mass is 330 g/mol. The van der Waals surface area contributed by atoms with Gasteiger partial charge in [-0.1, -0.05) is 41.9 Å². The first-order valence-electron chi connectivity index (χ1n) is 6.29. The fraction of sp³-hybridized carbons (Fsp3) is 0.571. The third-order valence-corrected chi connectivity index (χ3v) is 8.04. The molecule has 18 heavy (non-hydrogen) atoms. The first-order chi connectivity index (χ1) is 8.13. The lowest BCUT2D eigenvalue weighted by Gasteiger charge is -2.35. The van der Waals surface area contributed by atoms with Crippen molar-refractivity contribution in [2.24, 2.45) is 0 Å². The van der Waals surface area contributed by atoms with Gasteiger partial charge in [-0.25, -0.2) is 0 Å². The molecular formula is C14H23BrO2Si. The van der Waals surface area contributed by atoms with Gasteiger partial charge >= 0.3 is 0 Å². The van der Waals surface area contributed by atoms with E-state index in [9.17, 15) is 9.90 Å². The molecule has 0 aliphatic heterocycles. The Morgan fingerprint density at radius 2 is 1.72 bits per heavy atom. The van der Waals surface area contributed by atoms with Crippen molar-refractivity contribution in [3.05, 3.63) is 34.3 Å². The number of aliphatic hydroxyl groups excluding tert-OH is 1. The van der Waals surface area contributed by atoms with Crippen molar-refractivity contribution < 1.29 is 9.90 Å². The van der Waals surface area contributed by atoms with E-state index in [0.717, 1.165) is 16.5 Å². The Hall–Kier alpha value is -0.163. The molecule has 0 unspecified atom stereocenters. The number of hydrogen-bond acceptors (Lipinski definition) is 2. The summed E-state index contributed by atoms with van der Waals surface area (Å²) in [5.74, 6) is 0. The Bertz CT molecular complexity index is 382. The molecule has 1 aromatic carbocycles. The van der Waals surface area contributed by atoms with Gasteiger partial charge in [-0.3, -0.25) is 0 Å². The zero-order valence-electron chi connectivity index (χ0n) is 11.6. The van der Waals surface area contributed by atoms with Crippen LogP contribution in [-0.2, 0) is 0 Å². The quantitative estimate of drug-likeness (QED) is 0.792. The van der Waals surface area contributed by atoms with E-state index in [0.29, 0.717) is 6.42 Å². The lowest BCUT2D eigenvalue weighted by atomic mass is 9.99. The summed E-state index contributed by atoms with van der Waals surface area (Å²) in [6.45, 7) is 8.10. The van der Waals surface area contributed by atoms with Crippen LogP contribution in [0.2, 0.25) is 18.1 Å². The van der Waals surface area contributed by atoms with Crippen LogP contribution in [-0.4, -0.2) is 18.2 Å². The van der Waals surface area contributed by atoms with Crippen molar-refractivity contribution in [2.75, 3.05) is 0 Å². The summed E-state index contributed by atoms with van der Waals surface area (Å²) in [7, 11) is -2.18. The van der Waals surface area contributed by atoms with Gasteiger partial charge in [-0.2, -0.15) is 0 Å². The molecule has 0 bridgehead atoms. The maximum absolute atomic E-state index is 10.2. The van der Waals surface area contributed by atoms with Crippen molar-refractivity contribution in [3.8, 4) is 0 Å². The molecule has 0 saturated carbocycles. The second kappa shape index (κ2) is 5.86. The van der Waals surface area contributed by atoms with Gasteiger partial charge in [0.1, 0.15) is 0 Å². The van der Waals surface area contributed by atoms with Crippen LogP contribution >= 0.6 is 15.9 Å². The predicted octanol–water partition coefficient (Wildman–Crippen LogP) is 4.24. The SMILES string of the molecule is CC(C)(CC[C@H](O)c1ccc(Br)cc1)[Si](C)(C)O. The summed E-state index contributed by atoms with van der Waals surface area (Å²) in [6.07, 6.45) is 1.07. The molecule has 0 aliphatic rings. The molecule has 0 spiro atoms. The highest BCUT2D eigenvalue weighted by molar-refractivity contribution is 9.10. The van der Waals surface area contributed by atoms with Gasteiger partial charge in [-0.15, -0.1) is 0 Å². The van der Waals surface area contributed by atoms with E-state index in [2.05, 4.69) is 29.8 Å². The third-order valence-electron chi connectivity index (χ3n) is 3.95. The fourth-order valence-electron chi connectivity index (χ4n) is 1.66. The van der Waals surface area contributed by atoms with Gasteiger partial charge in [0.15, 0.2) is 8.32 Å². The Morgan fingerprint density at radius 1 is 1.22 bits per heavy atom. The van der Waals surface area contributed by atoms with E-state index < -0.39 is 14.4 Å². The molecule has 1 aromatic rings. The van der Waals surface area contributed by atoms with Crippen LogP contribution in [0.1, 0.15) is 38.4 Å². The Kier molecular flexibility index (Phi) is 5.18. The highest BCUT2D eigenvalue weighted by atomic mass is 79.9. The standard InChI is InChI=1S/C14H23BrO2Si/c1-14(2,18(3,4)17)10-9-13(16)11-5-7-12(15)8-6-11/h5-8,13,16-17H,9-10H2,1-4H3/t13-/m0/s1. The van der Waals surface area contributed by atoms with E-state index in [-0.39, 0.29) is 5.04 Å². The van der Waals surface area contributed by atoms with Gasteiger partial charge in [0.25, 0.3) is 0 Å². The average Bonchev–Trinajstić information content (AvgIpc) is 2.25. The number of hydrogen-bond donors (Lipinski definition) is 2. The van der Waals surface area contributed by atoms with Crippen LogP contribution in [0.4, 0.5) is 0 Å². The minimum absolute atomic E-state index is 0.0800. The topological polar surface area (TPSA) is 40.5 Å². The molecule has 2 N–H and O–H groups in total. The van der Waals surface area contributed by atoms with E-state index in [1.54, 1.807) is 0 Å². The Balaban J connectivity index is 2.61. The summed E-state index contributed by atoms with van der Waals surface area (Å²) in [6, 6.07) is 7.75. The maximum Gasteiger partial charge on any atom is 0.188 e. The molecule has 0 heterocycles. The smallest absolute Gasteiger partial charge is 0.188 e. The first kappa shape index (κ1) is 15.9. The molecule has 0 aliphatic carbocycles. The van der Waals surface area contributed by atoms with Crippen LogP contribution in [0, 0.1) is 0 Å². The molecule has 0 aromatic heterocycles. The predicted molar refractivity (Wildman–Crippen MR) is 82.1 cm³/mol. The Labute approximate surface area is 119 Å². The molecule has 0 radical (unpaired) electrons. The second-order valence-electron chi connectivity index (χ2n) is 6.05. The molecule has 2 nitrogen and oxygen atoms in total. The minimum Gasteiger partial charge on any atom is -0.432 e. The number of rotatable bonds is 5. The molecule has 102 valence electrons. The average molecular weight is 331 g/mol. The number of halogens is 1. The summed E-state index contributed by atoms with van der Waals surface area (Å²) in [5.41, 5.74) is 0.936. The molecule has 0 saturated heterocycles. The van der Waals surface area contributed by atoms with Crippen LogP contribution < -0.4 is 0 Å². The van der Waals surface area contributed by atoms with Crippen molar-refractivity contribution in [1.29, 1.82) is 0 Å². The van der Waals surface area contributed by atoms with Gasteiger partial charge in [0.05, 0.1) is 6.10 Å². The maximum atomic E-state index is 10.2. The first-order valence-corrected chi connectivity index (χ1v) is 10.0. The lowest BCUT2D eigenvalue weighted by molar-refractivity contribution is 0.158. The van der Waals surface area contributed by atoms with Crippen molar-refractivity contribution in [2.45, 2.75) is 50.9 Å².